The number of benzene rings is 3. The maximum atomic E-state index is 5.27. The Bertz CT molecular complexity index is 1020. The summed E-state index contributed by atoms with van der Waals surface area (Å²) in [4.78, 5) is 6.19. The molecule has 0 spiro atoms. The summed E-state index contributed by atoms with van der Waals surface area (Å²) in [5.74, 6) is 0.854. The van der Waals surface area contributed by atoms with Gasteiger partial charge in [0.25, 0.3) is 0 Å². The van der Waals surface area contributed by atoms with Crippen LogP contribution in [0.5, 0.6) is 5.75 Å². The van der Waals surface area contributed by atoms with Crippen LogP contribution in [0.4, 0.5) is 0 Å². The van der Waals surface area contributed by atoms with Gasteiger partial charge in [-0.05, 0) is 36.8 Å². The van der Waals surface area contributed by atoms with Crippen LogP contribution in [-0.2, 0) is 0 Å². The minimum absolute atomic E-state index is 0.854. The van der Waals surface area contributed by atoms with Gasteiger partial charge >= 0.3 is 0 Å². The molecule has 4 rings (SSSR count). The van der Waals surface area contributed by atoms with Gasteiger partial charge in [0, 0.05) is 11.1 Å². The fourth-order valence-corrected chi connectivity index (χ4v) is 4.04. The van der Waals surface area contributed by atoms with Crippen LogP contribution >= 0.6 is 11.3 Å². The number of aromatic nitrogens is 1. The van der Waals surface area contributed by atoms with Gasteiger partial charge in [-0.3, -0.25) is 0 Å². The Morgan fingerprint density at radius 2 is 1.50 bits per heavy atom. The van der Waals surface area contributed by atoms with E-state index >= 15 is 0 Å². The van der Waals surface area contributed by atoms with Crippen molar-refractivity contribution in [1.82, 2.24) is 4.98 Å². The van der Waals surface area contributed by atoms with Gasteiger partial charge in [0.1, 0.15) is 10.8 Å². The van der Waals surface area contributed by atoms with Crippen molar-refractivity contribution in [2.45, 2.75) is 6.92 Å². The summed E-state index contributed by atoms with van der Waals surface area (Å²) in [6.45, 7) is 2.12. The first-order valence-electron chi connectivity index (χ1n) is 8.52. The topological polar surface area (TPSA) is 22.1 Å². The zero-order valence-electron chi connectivity index (χ0n) is 14.8. The molecule has 1 heterocycles. The van der Waals surface area contributed by atoms with Crippen LogP contribution in [0.3, 0.4) is 0 Å². The molecule has 128 valence electrons. The first-order valence-corrected chi connectivity index (χ1v) is 9.34. The average Bonchev–Trinajstić information content (AvgIpc) is 3.14. The van der Waals surface area contributed by atoms with Crippen molar-refractivity contribution in [3.63, 3.8) is 0 Å². The van der Waals surface area contributed by atoms with E-state index in [1.165, 1.54) is 16.0 Å². The van der Waals surface area contributed by atoms with Gasteiger partial charge in [-0.15, -0.1) is 11.3 Å². The molecule has 0 aliphatic carbocycles. The summed E-state index contributed by atoms with van der Waals surface area (Å²) in [7, 11) is 1.68. The summed E-state index contributed by atoms with van der Waals surface area (Å²) in [5.41, 5.74) is 5.74. The summed E-state index contributed by atoms with van der Waals surface area (Å²) in [5, 5.41) is 1.02. The molecule has 0 aliphatic rings. The number of thiazole rings is 1. The quantitative estimate of drug-likeness (QED) is 0.418. The highest BCUT2D eigenvalue weighted by atomic mass is 32.1. The average molecular weight is 357 g/mol. The van der Waals surface area contributed by atoms with Crippen molar-refractivity contribution in [1.29, 1.82) is 0 Å². The van der Waals surface area contributed by atoms with Gasteiger partial charge < -0.3 is 4.74 Å². The summed E-state index contributed by atoms with van der Waals surface area (Å²) >= 11 is 1.73. The molecular formula is C23H19NOS. The summed E-state index contributed by atoms with van der Waals surface area (Å²) in [6.07, 6.45) is 0. The number of rotatable bonds is 4. The van der Waals surface area contributed by atoms with Gasteiger partial charge in [0.05, 0.1) is 17.7 Å². The molecular weight excluding hydrogens is 338 g/mol. The Kier molecular flexibility index (Phi) is 4.55. The van der Waals surface area contributed by atoms with Gasteiger partial charge in [-0.2, -0.15) is 0 Å². The van der Waals surface area contributed by atoms with Crippen molar-refractivity contribution >= 4 is 11.3 Å². The Hall–Kier alpha value is -2.91. The molecule has 3 aromatic carbocycles. The molecule has 0 unspecified atom stereocenters. The number of methoxy groups -OCH3 is 1. The minimum atomic E-state index is 0.854. The molecule has 0 saturated carbocycles. The van der Waals surface area contributed by atoms with Crippen LogP contribution in [0.2, 0.25) is 0 Å². The second kappa shape index (κ2) is 7.14. The van der Waals surface area contributed by atoms with E-state index in [-0.39, 0.29) is 0 Å². The molecule has 2 nitrogen and oxygen atoms in total. The monoisotopic (exact) mass is 357 g/mol. The molecule has 0 atom stereocenters. The normalized spacial score (nSPS) is 10.7. The van der Waals surface area contributed by atoms with Gasteiger partial charge in [-0.1, -0.05) is 60.2 Å². The lowest BCUT2D eigenvalue weighted by molar-refractivity contribution is 0.415. The predicted octanol–water partition coefficient (Wildman–Crippen LogP) is 6.46. The van der Waals surface area contributed by atoms with Crippen molar-refractivity contribution in [3.05, 3.63) is 84.4 Å². The number of ether oxygens (including phenoxy) is 1. The molecule has 3 heteroatoms. The maximum absolute atomic E-state index is 5.27. The van der Waals surface area contributed by atoms with Crippen LogP contribution in [0.15, 0.2) is 78.9 Å². The summed E-state index contributed by atoms with van der Waals surface area (Å²) in [6, 6.07) is 27.1. The van der Waals surface area contributed by atoms with E-state index in [9.17, 15) is 0 Å². The Morgan fingerprint density at radius 3 is 2.19 bits per heavy atom. The second-order valence-electron chi connectivity index (χ2n) is 6.16. The highest BCUT2D eigenvalue weighted by Gasteiger charge is 2.16. The predicted molar refractivity (Wildman–Crippen MR) is 110 cm³/mol. The van der Waals surface area contributed by atoms with E-state index in [2.05, 4.69) is 67.6 Å². The molecule has 0 radical (unpaired) electrons. The molecule has 0 N–H and O–H groups in total. The van der Waals surface area contributed by atoms with Gasteiger partial charge in [0.2, 0.25) is 0 Å². The number of aryl methyl sites for hydroxylation is 1. The van der Waals surface area contributed by atoms with Crippen LogP contribution in [0.1, 0.15) is 5.56 Å². The maximum Gasteiger partial charge on any atom is 0.124 e. The number of hydrogen-bond acceptors (Lipinski definition) is 3. The highest BCUT2D eigenvalue weighted by Crippen LogP contribution is 2.40. The third kappa shape index (κ3) is 3.26. The molecule has 0 saturated heterocycles. The summed E-state index contributed by atoms with van der Waals surface area (Å²) < 4.78 is 5.27. The van der Waals surface area contributed by atoms with E-state index in [4.69, 9.17) is 9.72 Å². The smallest absolute Gasteiger partial charge is 0.124 e. The van der Waals surface area contributed by atoms with Crippen LogP contribution in [-0.4, -0.2) is 12.1 Å². The third-order valence-electron chi connectivity index (χ3n) is 4.29. The molecule has 0 bridgehead atoms. The molecule has 0 fully saturated rings. The van der Waals surface area contributed by atoms with Crippen LogP contribution in [0, 0.1) is 6.92 Å². The van der Waals surface area contributed by atoms with E-state index in [1.54, 1.807) is 18.4 Å². The van der Waals surface area contributed by atoms with Crippen molar-refractivity contribution in [3.8, 4) is 38.0 Å². The first-order chi connectivity index (χ1) is 12.7. The van der Waals surface area contributed by atoms with Crippen LogP contribution in [0.25, 0.3) is 32.3 Å². The second-order valence-corrected chi connectivity index (χ2v) is 7.16. The zero-order valence-corrected chi connectivity index (χ0v) is 15.6. The lowest BCUT2D eigenvalue weighted by atomic mass is 10.1. The molecule has 4 aromatic rings. The first kappa shape index (κ1) is 16.6. The van der Waals surface area contributed by atoms with E-state index in [0.29, 0.717) is 0 Å². The fourth-order valence-electron chi connectivity index (χ4n) is 2.95. The molecule has 0 aliphatic heterocycles. The standard InChI is InChI=1S/C23H19NOS/c1-16-7-6-10-19(15-16)22-21(17-8-4-3-5-9-17)24-23(26-22)18-11-13-20(25-2)14-12-18/h3-15H,1-2H3. The molecule has 0 amide bonds. The Morgan fingerprint density at radius 1 is 0.769 bits per heavy atom. The van der Waals surface area contributed by atoms with E-state index in [1.807, 2.05) is 18.2 Å². The van der Waals surface area contributed by atoms with Crippen molar-refractivity contribution in [2.75, 3.05) is 7.11 Å². The van der Waals surface area contributed by atoms with E-state index in [0.717, 1.165) is 27.6 Å². The lowest BCUT2D eigenvalue weighted by Crippen LogP contribution is -1.84. The van der Waals surface area contributed by atoms with E-state index < -0.39 is 0 Å². The molecule has 26 heavy (non-hydrogen) atoms. The van der Waals surface area contributed by atoms with Crippen molar-refractivity contribution in [2.24, 2.45) is 0 Å². The minimum Gasteiger partial charge on any atom is -0.497 e. The zero-order chi connectivity index (χ0) is 17.9. The Balaban J connectivity index is 1.87. The highest BCUT2D eigenvalue weighted by molar-refractivity contribution is 7.19. The number of hydrogen-bond donors (Lipinski definition) is 0. The molecule has 1 aromatic heterocycles. The largest absolute Gasteiger partial charge is 0.497 e. The van der Waals surface area contributed by atoms with Crippen LogP contribution < -0.4 is 4.74 Å². The van der Waals surface area contributed by atoms with Gasteiger partial charge in [0.15, 0.2) is 0 Å². The lowest BCUT2D eigenvalue weighted by Gasteiger charge is -2.03. The van der Waals surface area contributed by atoms with Gasteiger partial charge in [-0.25, -0.2) is 4.98 Å². The van der Waals surface area contributed by atoms with Crippen molar-refractivity contribution < 1.29 is 4.74 Å². The Labute approximate surface area is 157 Å². The fraction of sp³-hybridized carbons (Fsp3) is 0.0870. The number of nitrogens with zero attached hydrogens (tertiary/aromatic N) is 1. The third-order valence-corrected chi connectivity index (χ3v) is 5.45. The SMILES string of the molecule is COc1ccc(-c2nc(-c3ccccc3)c(-c3cccc(C)c3)s2)cc1.